The van der Waals surface area contributed by atoms with Gasteiger partial charge >= 0.3 is 6.01 Å². The Morgan fingerprint density at radius 2 is 1.87 bits per heavy atom. The smallest absolute Gasteiger partial charge is 0.316 e. The molecule has 1 N–H and O–H groups in total. The molecule has 2 aliphatic carbocycles. The van der Waals surface area contributed by atoms with Crippen LogP contribution in [0.4, 0.5) is 14.8 Å². The van der Waals surface area contributed by atoms with Crippen LogP contribution < -0.4 is 5.32 Å². The summed E-state index contributed by atoms with van der Waals surface area (Å²) in [5, 5.41) is 19.9. The summed E-state index contributed by atoms with van der Waals surface area (Å²) < 4.78 is 27.9. The van der Waals surface area contributed by atoms with Crippen LogP contribution in [-0.4, -0.2) is 46.1 Å². The van der Waals surface area contributed by atoms with Crippen molar-refractivity contribution in [3.63, 3.8) is 0 Å². The molecule has 3 fully saturated rings. The number of rotatable bonds is 4. The Balaban J connectivity index is 0.000000407. The minimum absolute atomic E-state index is 0.0618. The maximum atomic E-state index is 12.6. The Morgan fingerprint density at radius 1 is 1.19 bits per heavy atom. The van der Waals surface area contributed by atoms with Crippen molar-refractivity contribution in [2.45, 2.75) is 57.4 Å². The van der Waals surface area contributed by atoms with E-state index in [0.29, 0.717) is 22.4 Å². The van der Waals surface area contributed by atoms with Crippen molar-refractivity contribution in [3.8, 4) is 17.5 Å². The Morgan fingerprint density at radius 3 is 2.45 bits per heavy atom. The Hall–Kier alpha value is -3.02. The summed E-state index contributed by atoms with van der Waals surface area (Å²) >= 11 is 0. The molecular formula is C22H25F2N5O2. The maximum Gasteiger partial charge on any atom is 0.316 e. The number of hydrogen-bond acceptors (Lipinski definition) is 6. The monoisotopic (exact) mass is 429 g/mol. The molecule has 1 aromatic carbocycles. The molecule has 0 radical (unpaired) electrons. The molecule has 1 unspecified atom stereocenters. The minimum atomic E-state index is -2.25. The molecule has 3 aliphatic rings. The average molecular weight is 429 g/mol. The topological polar surface area (TPSA) is 95.0 Å². The summed E-state index contributed by atoms with van der Waals surface area (Å²) in [5.41, 5.74) is 1.75. The number of nitrogens with zero attached hydrogens (tertiary/aromatic N) is 4. The maximum absolute atomic E-state index is 12.6. The normalized spacial score (nSPS) is 20.8. The van der Waals surface area contributed by atoms with Crippen LogP contribution in [0.2, 0.25) is 0 Å². The second kappa shape index (κ2) is 8.25. The van der Waals surface area contributed by atoms with Gasteiger partial charge in [0.15, 0.2) is 0 Å². The predicted molar refractivity (Wildman–Crippen MR) is 109 cm³/mol. The summed E-state index contributed by atoms with van der Waals surface area (Å²) in [6, 6.07) is 8.82. The SMILES string of the molecule is CC(Nc1nnc(-c2cccc(C#N)c2)o1)C(=O)N1CCC2(CC1)CC2.FC1(F)CC1. The number of aromatic nitrogens is 2. The standard InChI is InChI=1S/C19H21N5O2.C3H4F2/c1-13(17(25)24-9-7-19(5-6-19)8-10-24)21-18-23-22-16(26-18)15-4-2-3-14(11-15)12-20;4-3(5)1-2-3/h2-4,11,13H,5-10H2,1H3,(H,21,23);1-2H2. The summed E-state index contributed by atoms with van der Waals surface area (Å²) in [6.07, 6.45) is 5.11. The number of hydrogen-bond donors (Lipinski definition) is 1. The highest BCUT2D eigenvalue weighted by molar-refractivity contribution is 5.83. The summed E-state index contributed by atoms with van der Waals surface area (Å²) in [5.74, 6) is -1.87. The number of anilines is 1. The van der Waals surface area contributed by atoms with Gasteiger partial charge in [0.1, 0.15) is 6.04 Å². The van der Waals surface area contributed by atoms with Gasteiger partial charge in [-0.1, -0.05) is 11.2 Å². The first-order chi connectivity index (χ1) is 14.8. The van der Waals surface area contributed by atoms with E-state index in [1.54, 1.807) is 24.3 Å². The van der Waals surface area contributed by atoms with E-state index in [1.165, 1.54) is 12.8 Å². The van der Waals surface area contributed by atoms with Crippen molar-refractivity contribution in [2.24, 2.45) is 5.41 Å². The van der Waals surface area contributed by atoms with Crippen LogP contribution in [-0.2, 0) is 4.79 Å². The lowest BCUT2D eigenvalue weighted by atomic mass is 9.93. The van der Waals surface area contributed by atoms with Crippen molar-refractivity contribution in [1.82, 2.24) is 15.1 Å². The predicted octanol–water partition coefficient (Wildman–Crippen LogP) is 4.23. The molecule has 1 atom stereocenters. The molecule has 1 spiro atoms. The number of likely N-dealkylation sites (tertiary alicyclic amines) is 1. The third-order valence-electron chi connectivity index (χ3n) is 6.09. The van der Waals surface area contributed by atoms with Gasteiger partial charge in [0.05, 0.1) is 11.6 Å². The number of carbonyl (C=O) groups is 1. The molecule has 2 heterocycles. The van der Waals surface area contributed by atoms with Crippen LogP contribution in [0.5, 0.6) is 0 Å². The number of nitrogens with one attached hydrogen (secondary N) is 1. The molecule has 31 heavy (non-hydrogen) atoms. The van der Waals surface area contributed by atoms with Crippen molar-refractivity contribution >= 4 is 11.9 Å². The first-order valence-electron chi connectivity index (χ1n) is 10.6. The Kier molecular flexibility index (Phi) is 5.65. The summed E-state index contributed by atoms with van der Waals surface area (Å²) in [7, 11) is 0. The van der Waals surface area contributed by atoms with Gasteiger partial charge in [-0.2, -0.15) is 5.26 Å². The number of alkyl halides is 2. The van der Waals surface area contributed by atoms with E-state index in [1.807, 2.05) is 11.8 Å². The number of piperidine rings is 1. The van der Waals surface area contributed by atoms with E-state index in [9.17, 15) is 13.6 Å². The third-order valence-corrected chi connectivity index (χ3v) is 6.09. The van der Waals surface area contributed by atoms with Crippen LogP contribution in [0.25, 0.3) is 11.5 Å². The van der Waals surface area contributed by atoms with Crippen LogP contribution in [0.15, 0.2) is 28.7 Å². The van der Waals surface area contributed by atoms with Gasteiger partial charge in [-0.15, -0.1) is 5.10 Å². The average Bonchev–Trinajstić information content (AvgIpc) is 3.64. The fourth-order valence-electron chi connectivity index (χ4n) is 3.61. The van der Waals surface area contributed by atoms with Crippen LogP contribution in [0.3, 0.4) is 0 Å². The van der Waals surface area contributed by atoms with Gasteiger partial charge in [-0.05, 0) is 56.2 Å². The summed E-state index contributed by atoms with van der Waals surface area (Å²) in [4.78, 5) is 14.6. The zero-order chi connectivity index (χ0) is 22.1. The molecule has 1 saturated heterocycles. The summed E-state index contributed by atoms with van der Waals surface area (Å²) in [6.45, 7) is 3.48. The van der Waals surface area contributed by atoms with Gasteiger partial charge < -0.3 is 14.6 Å². The van der Waals surface area contributed by atoms with Crippen molar-refractivity contribution in [1.29, 1.82) is 5.26 Å². The lowest BCUT2D eigenvalue weighted by molar-refractivity contribution is -0.133. The van der Waals surface area contributed by atoms with Crippen LogP contribution in [0, 0.1) is 16.7 Å². The first kappa shape index (κ1) is 21.2. The molecular weight excluding hydrogens is 404 g/mol. The first-order valence-corrected chi connectivity index (χ1v) is 10.6. The highest BCUT2D eigenvalue weighted by Gasteiger charge is 2.45. The molecule has 9 heteroatoms. The van der Waals surface area contributed by atoms with E-state index in [4.69, 9.17) is 9.68 Å². The van der Waals surface area contributed by atoms with E-state index >= 15 is 0 Å². The van der Waals surface area contributed by atoms with Crippen molar-refractivity contribution < 1.29 is 18.0 Å². The van der Waals surface area contributed by atoms with Gasteiger partial charge in [0.2, 0.25) is 17.7 Å². The third kappa shape index (κ3) is 5.37. The zero-order valence-corrected chi connectivity index (χ0v) is 17.4. The van der Waals surface area contributed by atoms with Gasteiger partial charge in [0, 0.05) is 31.5 Å². The molecule has 1 aliphatic heterocycles. The molecule has 7 nitrogen and oxygen atoms in total. The fourth-order valence-corrected chi connectivity index (χ4v) is 3.61. The lowest BCUT2D eigenvalue weighted by Crippen LogP contribution is -2.45. The Bertz CT molecular complexity index is 980. The highest BCUT2D eigenvalue weighted by Crippen LogP contribution is 2.53. The minimum Gasteiger partial charge on any atom is -0.403 e. The molecule has 1 amide bonds. The van der Waals surface area contributed by atoms with Gasteiger partial charge in [-0.3, -0.25) is 4.79 Å². The van der Waals surface area contributed by atoms with Gasteiger partial charge in [0.25, 0.3) is 0 Å². The molecule has 5 rings (SSSR count). The molecule has 1 aromatic heterocycles. The van der Waals surface area contributed by atoms with E-state index in [-0.39, 0.29) is 24.8 Å². The Labute approximate surface area is 179 Å². The second-order valence-electron chi connectivity index (χ2n) is 8.65. The number of carbonyl (C=O) groups excluding carboxylic acids is 1. The fraction of sp³-hybridized carbons (Fsp3) is 0.545. The number of amides is 1. The van der Waals surface area contributed by atoms with Crippen LogP contribution in [0.1, 0.15) is 51.0 Å². The number of benzene rings is 1. The zero-order valence-electron chi connectivity index (χ0n) is 17.4. The number of halogens is 2. The second-order valence-corrected chi connectivity index (χ2v) is 8.65. The van der Waals surface area contributed by atoms with Crippen molar-refractivity contribution in [2.75, 3.05) is 18.4 Å². The molecule has 2 aromatic rings. The van der Waals surface area contributed by atoms with Gasteiger partial charge in [-0.25, -0.2) is 8.78 Å². The lowest BCUT2D eigenvalue weighted by Gasteiger charge is -2.33. The van der Waals surface area contributed by atoms with E-state index in [0.717, 1.165) is 25.9 Å². The van der Waals surface area contributed by atoms with Crippen LogP contribution >= 0.6 is 0 Å². The van der Waals surface area contributed by atoms with Crippen molar-refractivity contribution in [3.05, 3.63) is 29.8 Å². The number of nitriles is 1. The quantitative estimate of drug-likeness (QED) is 0.782. The molecule has 2 saturated carbocycles. The largest absolute Gasteiger partial charge is 0.403 e. The van der Waals surface area contributed by atoms with E-state index < -0.39 is 12.0 Å². The van der Waals surface area contributed by atoms with E-state index in [2.05, 4.69) is 21.6 Å². The molecule has 164 valence electrons. The molecule has 0 bridgehead atoms. The highest BCUT2D eigenvalue weighted by atomic mass is 19.3.